The number of ether oxygens (including phenoxy) is 1. The van der Waals surface area contributed by atoms with Crippen molar-refractivity contribution in [1.82, 2.24) is 0 Å². The summed E-state index contributed by atoms with van der Waals surface area (Å²) >= 11 is 0. The number of hydrogen-bond acceptors (Lipinski definition) is 5. The third-order valence-electron chi connectivity index (χ3n) is 3.35. The van der Waals surface area contributed by atoms with Gasteiger partial charge in [-0.25, -0.2) is 0 Å². The molecule has 0 saturated heterocycles. The van der Waals surface area contributed by atoms with Crippen molar-refractivity contribution < 1.29 is 24.5 Å². The Morgan fingerprint density at radius 2 is 2.00 bits per heavy atom. The summed E-state index contributed by atoms with van der Waals surface area (Å²) in [7, 11) is 0. The number of cyclic esters (lactones) is 1. The van der Waals surface area contributed by atoms with Gasteiger partial charge in [0.15, 0.2) is 5.78 Å². The van der Waals surface area contributed by atoms with Crippen LogP contribution in [-0.2, 0) is 16.0 Å². The molecular formula is C16H18O5. The number of rotatable bonds is 0. The number of benzene rings is 1. The largest absolute Gasteiger partial charge is 0.508 e. The summed E-state index contributed by atoms with van der Waals surface area (Å²) < 4.78 is 5.26. The van der Waals surface area contributed by atoms with Gasteiger partial charge in [0.1, 0.15) is 11.5 Å². The Bertz CT molecular complexity index is 589. The standard InChI is InChI=1S/C16H18O5/c1-10-5-3-2-4-6-13(18)16-11(8-15(20)21-10)7-12(17)9-14(16)19/h4,6-7,9-10,17,19H,2-3,5,8H2,1H3/b6-4+. The molecule has 1 atom stereocenters. The molecule has 0 saturated carbocycles. The van der Waals surface area contributed by atoms with E-state index in [2.05, 4.69) is 0 Å². The second-order valence-electron chi connectivity index (χ2n) is 5.17. The Morgan fingerprint density at radius 1 is 1.24 bits per heavy atom. The van der Waals surface area contributed by atoms with E-state index in [0.29, 0.717) is 6.42 Å². The van der Waals surface area contributed by atoms with E-state index in [1.165, 1.54) is 12.1 Å². The van der Waals surface area contributed by atoms with E-state index in [4.69, 9.17) is 4.74 Å². The Balaban J connectivity index is 2.43. The summed E-state index contributed by atoms with van der Waals surface area (Å²) in [5.41, 5.74) is 0.300. The zero-order valence-corrected chi connectivity index (χ0v) is 11.8. The van der Waals surface area contributed by atoms with Crippen molar-refractivity contribution in [2.24, 2.45) is 0 Å². The molecule has 5 heteroatoms. The lowest BCUT2D eigenvalue weighted by Crippen LogP contribution is -2.18. The van der Waals surface area contributed by atoms with E-state index >= 15 is 0 Å². The molecule has 0 aliphatic carbocycles. The number of aromatic hydroxyl groups is 2. The van der Waals surface area contributed by atoms with Gasteiger partial charge in [-0.1, -0.05) is 6.08 Å². The fourth-order valence-electron chi connectivity index (χ4n) is 2.37. The van der Waals surface area contributed by atoms with Crippen molar-refractivity contribution in [3.63, 3.8) is 0 Å². The molecule has 21 heavy (non-hydrogen) atoms. The van der Waals surface area contributed by atoms with E-state index < -0.39 is 5.97 Å². The molecular weight excluding hydrogens is 272 g/mol. The quantitative estimate of drug-likeness (QED) is 0.717. The third kappa shape index (κ3) is 3.84. The lowest BCUT2D eigenvalue weighted by Gasteiger charge is -2.15. The summed E-state index contributed by atoms with van der Waals surface area (Å²) in [5.74, 6) is -1.40. The number of allylic oxidation sites excluding steroid dienone is 2. The molecule has 1 aromatic carbocycles. The molecule has 5 nitrogen and oxygen atoms in total. The predicted molar refractivity (Wildman–Crippen MR) is 76.4 cm³/mol. The Morgan fingerprint density at radius 3 is 2.76 bits per heavy atom. The Labute approximate surface area is 122 Å². The molecule has 1 aliphatic rings. The van der Waals surface area contributed by atoms with Crippen molar-refractivity contribution in [3.8, 4) is 11.5 Å². The second-order valence-corrected chi connectivity index (χ2v) is 5.17. The topological polar surface area (TPSA) is 83.8 Å². The number of phenolic OH excluding ortho intramolecular Hbond substituents is 2. The number of fused-ring (bicyclic) bond motifs is 1. The molecule has 0 amide bonds. The summed E-state index contributed by atoms with van der Waals surface area (Å²) in [6.45, 7) is 1.82. The normalized spacial score (nSPS) is 21.7. The van der Waals surface area contributed by atoms with Gasteiger partial charge in [0.2, 0.25) is 0 Å². The van der Waals surface area contributed by atoms with Crippen LogP contribution in [0.3, 0.4) is 0 Å². The van der Waals surface area contributed by atoms with Gasteiger partial charge in [-0.05, 0) is 43.9 Å². The lowest BCUT2D eigenvalue weighted by atomic mass is 9.98. The van der Waals surface area contributed by atoms with Crippen LogP contribution in [0.25, 0.3) is 0 Å². The minimum absolute atomic E-state index is 0.0363. The van der Waals surface area contributed by atoms with Crippen molar-refractivity contribution in [2.75, 3.05) is 0 Å². The van der Waals surface area contributed by atoms with Crippen LogP contribution < -0.4 is 0 Å². The first kappa shape index (κ1) is 15.1. The average Bonchev–Trinajstić information content (AvgIpc) is 2.35. The number of phenols is 2. The maximum atomic E-state index is 12.1. The molecule has 0 radical (unpaired) electrons. The highest BCUT2D eigenvalue weighted by molar-refractivity contribution is 6.08. The van der Waals surface area contributed by atoms with E-state index in [1.807, 2.05) is 6.92 Å². The second kappa shape index (κ2) is 6.43. The van der Waals surface area contributed by atoms with Crippen molar-refractivity contribution in [2.45, 2.75) is 38.7 Å². The highest BCUT2D eigenvalue weighted by Gasteiger charge is 2.20. The van der Waals surface area contributed by atoms with Gasteiger partial charge < -0.3 is 14.9 Å². The minimum atomic E-state index is -0.480. The van der Waals surface area contributed by atoms with Crippen LogP contribution in [0.4, 0.5) is 0 Å². The molecule has 0 bridgehead atoms. The van der Waals surface area contributed by atoms with Crippen LogP contribution in [0.5, 0.6) is 11.5 Å². The molecule has 1 heterocycles. The van der Waals surface area contributed by atoms with Crippen LogP contribution in [0, 0.1) is 0 Å². The first-order valence-electron chi connectivity index (χ1n) is 6.92. The maximum Gasteiger partial charge on any atom is 0.310 e. The molecule has 2 N–H and O–H groups in total. The molecule has 2 rings (SSSR count). The van der Waals surface area contributed by atoms with E-state index in [9.17, 15) is 19.8 Å². The molecule has 0 spiro atoms. The van der Waals surface area contributed by atoms with Crippen molar-refractivity contribution in [1.29, 1.82) is 0 Å². The number of esters is 1. The monoisotopic (exact) mass is 290 g/mol. The smallest absolute Gasteiger partial charge is 0.310 e. The first-order chi connectivity index (χ1) is 9.97. The molecule has 1 unspecified atom stereocenters. The predicted octanol–water partition coefficient (Wildman–Crippen LogP) is 2.49. The summed E-state index contributed by atoms with van der Waals surface area (Å²) in [4.78, 5) is 24.0. The zero-order chi connectivity index (χ0) is 15.4. The van der Waals surface area contributed by atoms with Gasteiger partial charge in [-0.2, -0.15) is 0 Å². The van der Waals surface area contributed by atoms with Gasteiger partial charge in [0, 0.05) is 6.07 Å². The van der Waals surface area contributed by atoms with E-state index in [-0.39, 0.29) is 40.9 Å². The van der Waals surface area contributed by atoms with Crippen molar-refractivity contribution >= 4 is 11.8 Å². The van der Waals surface area contributed by atoms with Crippen molar-refractivity contribution in [3.05, 3.63) is 35.4 Å². The number of ketones is 1. The Kier molecular flexibility index (Phi) is 4.62. The highest BCUT2D eigenvalue weighted by Crippen LogP contribution is 2.29. The molecule has 1 aromatic rings. The van der Waals surface area contributed by atoms with Gasteiger partial charge in [0.05, 0.1) is 18.1 Å². The van der Waals surface area contributed by atoms with Crippen LogP contribution in [0.15, 0.2) is 24.3 Å². The summed E-state index contributed by atoms with van der Waals surface area (Å²) in [6, 6.07) is 2.39. The Hall–Kier alpha value is -2.30. The summed E-state index contributed by atoms with van der Waals surface area (Å²) in [5, 5.41) is 19.4. The van der Waals surface area contributed by atoms with Crippen LogP contribution in [0.1, 0.15) is 42.1 Å². The molecule has 1 aliphatic heterocycles. The minimum Gasteiger partial charge on any atom is -0.508 e. The first-order valence-corrected chi connectivity index (χ1v) is 6.92. The molecule has 0 aromatic heterocycles. The van der Waals surface area contributed by atoms with Gasteiger partial charge in [0.25, 0.3) is 0 Å². The maximum absolute atomic E-state index is 12.1. The molecule has 0 fully saturated rings. The van der Waals surface area contributed by atoms with Gasteiger partial charge in [-0.15, -0.1) is 0 Å². The number of hydrogen-bond donors (Lipinski definition) is 2. The van der Waals surface area contributed by atoms with Gasteiger partial charge >= 0.3 is 5.97 Å². The molecule has 112 valence electrons. The third-order valence-corrected chi connectivity index (χ3v) is 3.35. The number of carbonyl (C=O) groups is 2. The van der Waals surface area contributed by atoms with Crippen LogP contribution in [-0.4, -0.2) is 28.1 Å². The van der Waals surface area contributed by atoms with Crippen LogP contribution in [0.2, 0.25) is 0 Å². The highest BCUT2D eigenvalue weighted by atomic mass is 16.5. The van der Waals surface area contributed by atoms with E-state index in [0.717, 1.165) is 18.9 Å². The summed E-state index contributed by atoms with van der Waals surface area (Å²) in [6.07, 6.45) is 5.01. The average molecular weight is 290 g/mol. The lowest BCUT2D eigenvalue weighted by molar-refractivity contribution is -0.147. The fraction of sp³-hybridized carbons (Fsp3) is 0.375. The van der Waals surface area contributed by atoms with Gasteiger partial charge in [-0.3, -0.25) is 9.59 Å². The SMILES string of the molecule is CC1CCC/C=C/C(=O)c2c(O)cc(O)cc2CC(=O)O1. The van der Waals surface area contributed by atoms with Crippen LogP contribution >= 0.6 is 0 Å². The van der Waals surface area contributed by atoms with E-state index in [1.54, 1.807) is 6.08 Å². The zero-order valence-electron chi connectivity index (χ0n) is 11.8. The fourth-order valence-corrected chi connectivity index (χ4v) is 2.37. The number of carbonyl (C=O) groups excluding carboxylic acids is 2.